The number of aromatic nitrogens is 3. The normalized spacial score (nSPS) is 10.1. The number of hydrogen-bond acceptors (Lipinski definition) is 6. The van der Waals surface area contributed by atoms with Crippen LogP contribution in [0, 0.1) is 6.92 Å². The monoisotopic (exact) mass is 279 g/mol. The molecule has 0 aliphatic rings. The standard InChI is InChI=1S/C12H14ClN5O/c1-7-6-8(4-5-9(7)19-3)15-12-17-10(13)16-11(14-2)18-12/h4-6H,1-3H3,(H2,14,15,16,17,18). The number of hydrogen-bond donors (Lipinski definition) is 2. The Labute approximate surface area is 116 Å². The second-order valence-corrected chi connectivity index (χ2v) is 4.15. The first-order valence-corrected chi connectivity index (χ1v) is 6.01. The van der Waals surface area contributed by atoms with Crippen LogP contribution in [0.4, 0.5) is 17.6 Å². The quantitative estimate of drug-likeness (QED) is 0.896. The van der Waals surface area contributed by atoms with E-state index in [1.54, 1.807) is 14.2 Å². The molecule has 0 aliphatic carbocycles. The molecule has 2 rings (SSSR count). The Morgan fingerprint density at radius 1 is 1.16 bits per heavy atom. The van der Waals surface area contributed by atoms with Crippen molar-refractivity contribution in [2.45, 2.75) is 6.92 Å². The summed E-state index contributed by atoms with van der Waals surface area (Å²) in [5.74, 6) is 1.62. The van der Waals surface area contributed by atoms with E-state index in [4.69, 9.17) is 16.3 Å². The number of anilines is 3. The van der Waals surface area contributed by atoms with Gasteiger partial charge in [0.25, 0.3) is 0 Å². The van der Waals surface area contributed by atoms with Crippen LogP contribution in [0.25, 0.3) is 0 Å². The highest BCUT2D eigenvalue weighted by molar-refractivity contribution is 6.28. The molecule has 0 saturated carbocycles. The third-order valence-electron chi connectivity index (χ3n) is 2.48. The third kappa shape index (κ3) is 3.23. The maximum Gasteiger partial charge on any atom is 0.233 e. The first kappa shape index (κ1) is 13.4. The average molecular weight is 280 g/mol. The summed E-state index contributed by atoms with van der Waals surface area (Å²) in [6.07, 6.45) is 0. The molecule has 0 spiro atoms. The Morgan fingerprint density at radius 2 is 1.89 bits per heavy atom. The fourth-order valence-electron chi connectivity index (χ4n) is 1.60. The van der Waals surface area contributed by atoms with E-state index in [1.807, 2.05) is 25.1 Å². The zero-order valence-corrected chi connectivity index (χ0v) is 11.6. The Hall–Kier alpha value is -2.08. The summed E-state index contributed by atoms with van der Waals surface area (Å²) in [7, 11) is 3.35. The lowest BCUT2D eigenvalue weighted by Crippen LogP contribution is -2.03. The SMILES string of the molecule is CNc1nc(Cl)nc(Nc2ccc(OC)c(C)c2)n1. The van der Waals surface area contributed by atoms with Crippen molar-refractivity contribution < 1.29 is 4.74 Å². The van der Waals surface area contributed by atoms with E-state index in [0.29, 0.717) is 11.9 Å². The highest BCUT2D eigenvalue weighted by atomic mass is 35.5. The molecule has 0 bridgehead atoms. The van der Waals surface area contributed by atoms with Crippen LogP contribution in [0.1, 0.15) is 5.56 Å². The molecule has 0 saturated heterocycles. The fourth-order valence-corrected chi connectivity index (χ4v) is 1.76. The second-order valence-electron chi connectivity index (χ2n) is 3.81. The van der Waals surface area contributed by atoms with E-state index >= 15 is 0 Å². The molecule has 100 valence electrons. The summed E-state index contributed by atoms with van der Waals surface area (Å²) in [5, 5.41) is 6.02. The van der Waals surface area contributed by atoms with Gasteiger partial charge in [0.15, 0.2) is 0 Å². The van der Waals surface area contributed by atoms with Crippen molar-refractivity contribution >= 4 is 29.2 Å². The van der Waals surface area contributed by atoms with Crippen molar-refractivity contribution in [3.05, 3.63) is 29.0 Å². The molecule has 19 heavy (non-hydrogen) atoms. The van der Waals surface area contributed by atoms with Crippen LogP contribution in [0.15, 0.2) is 18.2 Å². The molecule has 0 amide bonds. The molecule has 7 heteroatoms. The average Bonchev–Trinajstić information content (AvgIpc) is 2.38. The molecule has 0 unspecified atom stereocenters. The van der Waals surface area contributed by atoms with Gasteiger partial charge in [-0.3, -0.25) is 0 Å². The molecular weight excluding hydrogens is 266 g/mol. The van der Waals surface area contributed by atoms with Gasteiger partial charge in [-0.1, -0.05) is 0 Å². The molecule has 0 atom stereocenters. The van der Waals surface area contributed by atoms with Crippen molar-refractivity contribution in [2.24, 2.45) is 0 Å². The van der Waals surface area contributed by atoms with Crippen LogP contribution >= 0.6 is 11.6 Å². The van der Waals surface area contributed by atoms with Crippen LogP contribution in [0.3, 0.4) is 0 Å². The number of aryl methyl sites for hydroxylation is 1. The van der Waals surface area contributed by atoms with E-state index in [0.717, 1.165) is 17.0 Å². The zero-order chi connectivity index (χ0) is 13.8. The molecule has 0 aliphatic heterocycles. The van der Waals surface area contributed by atoms with Gasteiger partial charge in [0.05, 0.1) is 7.11 Å². The molecule has 0 radical (unpaired) electrons. The summed E-state index contributed by atoms with van der Waals surface area (Å²) in [4.78, 5) is 12.1. The molecule has 0 fully saturated rings. The van der Waals surface area contributed by atoms with E-state index in [1.165, 1.54) is 0 Å². The smallest absolute Gasteiger partial charge is 0.233 e. The number of nitrogens with one attached hydrogen (secondary N) is 2. The first-order chi connectivity index (χ1) is 9.12. The maximum absolute atomic E-state index is 5.81. The molecule has 1 aromatic carbocycles. The Bertz CT molecular complexity index is 590. The van der Waals surface area contributed by atoms with E-state index in [-0.39, 0.29) is 5.28 Å². The van der Waals surface area contributed by atoms with Gasteiger partial charge in [-0.15, -0.1) is 0 Å². The predicted octanol–water partition coefficient (Wildman–Crippen LogP) is 2.63. The minimum Gasteiger partial charge on any atom is -0.496 e. The third-order valence-corrected chi connectivity index (χ3v) is 2.65. The maximum atomic E-state index is 5.81. The summed E-state index contributed by atoms with van der Waals surface area (Å²) in [5.41, 5.74) is 1.86. The van der Waals surface area contributed by atoms with Crippen molar-refractivity contribution in [3.63, 3.8) is 0 Å². The van der Waals surface area contributed by atoms with Crippen molar-refractivity contribution in [1.82, 2.24) is 15.0 Å². The Kier molecular flexibility index (Phi) is 4.01. The van der Waals surface area contributed by atoms with Crippen molar-refractivity contribution in [2.75, 3.05) is 24.8 Å². The van der Waals surface area contributed by atoms with Gasteiger partial charge in [0.2, 0.25) is 17.2 Å². The summed E-state index contributed by atoms with van der Waals surface area (Å²) in [6.45, 7) is 1.96. The molecule has 1 aromatic heterocycles. The van der Waals surface area contributed by atoms with E-state index in [9.17, 15) is 0 Å². The lowest BCUT2D eigenvalue weighted by Gasteiger charge is -2.09. The summed E-state index contributed by atoms with van der Waals surface area (Å²) >= 11 is 5.81. The number of rotatable bonds is 4. The lowest BCUT2D eigenvalue weighted by molar-refractivity contribution is 0.412. The lowest BCUT2D eigenvalue weighted by atomic mass is 10.2. The van der Waals surface area contributed by atoms with Gasteiger partial charge in [0.1, 0.15) is 5.75 Å². The largest absolute Gasteiger partial charge is 0.496 e. The molecule has 2 N–H and O–H groups in total. The fraction of sp³-hybridized carbons (Fsp3) is 0.250. The van der Waals surface area contributed by atoms with Gasteiger partial charge in [-0.2, -0.15) is 15.0 Å². The van der Waals surface area contributed by atoms with Crippen molar-refractivity contribution in [1.29, 1.82) is 0 Å². The highest BCUT2D eigenvalue weighted by Crippen LogP contribution is 2.23. The highest BCUT2D eigenvalue weighted by Gasteiger charge is 2.05. The first-order valence-electron chi connectivity index (χ1n) is 5.63. The van der Waals surface area contributed by atoms with Gasteiger partial charge in [-0.25, -0.2) is 0 Å². The van der Waals surface area contributed by atoms with Gasteiger partial charge in [0, 0.05) is 12.7 Å². The summed E-state index contributed by atoms with van der Waals surface area (Å²) in [6, 6.07) is 5.69. The van der Waals surface area contributed by atoms with E-state index < -0.39 is 0 Å². The molecule has 2 aromatic rings. The predicted molar refractivity (Wildman–Crippen MR) is 75.4 cm³/mol. The van der Waals surface area contributed by atoms with Crippen molar-refractivity contribution in [3.8, 4) is 5.75 Å². The molecular formula is C12H14ClN5O. The van der Waals surface area contributed by atoms with Crippen LogP contribution in [0.2, 0.25) is 5.28 Å². The van der Waals surface area contributed by atoms with E-state index in [2.05, 4.69) is 25.6 Å². The topological polar surface area (TPSA) is 72.0 Å². The van der Waals surface area contributed by atoms with Crippen LogP contribution < -0.4 is 15.4 Å². The van der Waals surface area contributed by atoms with Gasteiger partial charge in [-0.05, 0) is 42.3 Å². The Balaban J connectivity index is 2.25. The minimum atomic E-state index is 0.132. The van der Waals surface area contributed by atoms with Crippen LogP contribution in [-0.4, -0.2) is 29.1 Å². The minimum absolute atomic E-state index is 0.132. The molecule has 6 nitrogen and oxygen atoms in total. The number of nitrogens with zero attached hydrogens (tertiary/aromatic N) is 3. The summed E-state index contributed by atoms with van der Waals surface area (Å²) < 4.78 is 5.21. The van der Waals surface area contributed by atoms with Crippen LogP contribution in [-0.2, 0) is 0 Å². The number of ether oxygens (including phenoxy) is 1. The number of benzene rings is 1. The second kappa shape index (κ2) is 5.71. The van der Waals surface area contributed by atoms with Crippen LogP contribution in [0.5, 0.6) is 5.75 Å². The number of methoxy groups -OCH3 is 1. The number of halogens is 1. The van der Waals surface area contributed by atoms with Gasteiger partial charge < -0.3 is 15.4 Å². The zero-order valence-electron chi connectivity index (χ0n) is 10.9. The Morgan fingerprint density at radius 3 is 2.53 bits per heavy atom. The molecule has 1 heterocycles. The van der Waals surface area contributed by atoms with Gasteiger partial charge >= 0.3 is 0 Å².